The Hall–Kier alpha value is -2.16. The summed E-state index contributed by atoms with van der Waals surface area (Å²) in [5, 5.41) is 0. The van der Waals surface area contributed by atoms with Crippen LogP contribution in [0, 0.1) is 0 Å². The third-order valence-corrected chi connectivity index (χ3v) is 3.26. The first-order valence-corrected chi connectivity index (χ1v) is 6.12. The summed E-state index contributed by atoms with van der Waals surface area (Å²) >= 11 is 0. The summed E-state index contributed by atoms with van der Waals surface area (Å²) in [5.41, 5.74) is 2.91. The Morgan fingerprint density at radius 3 is 2.72 bits per heavy atom. The second-order valence-electron chi connectivity index (χ2n) is 4.46. The van der Waals surface area contributed by atoms with Crippen molar-refractivity contribution >= 4 is 5.91 Å². The molecule has 0 atom stereocenters. The molecule has 3 rings (SSSR count). The SMILES string of the molecule is O=C1c2cccnc2CN1CCc1ccccc1. The zero-order valence-electron chi connectivity index (χ0n) is 10.0. The minimum atomic E-state index is 0.106. The summed E-state index contributed by atoms with van der Waals surface area (Å²) in [6.45, 7) is 1.39. The molecule has 0 unspecified atom stereocenters. The third-order valence-electron chi connectivity index (χ3n) is 3.26. The molecule has 0 bridgehead atoms. The third kappa shape index (κ3) is 1.99. The van der Waals surface area contributed by atoms with Crippen molar-refractivity contribution in [1.82, 2.24) is 9.88 Å². The number of carbonyl (C=O) groups excluding carboxylic acids is 1. The van der Waals surface area contributed by atoms with Crippen molar-refractivity contribution in [2.24, 2.45) is 0 Å². The molecule has 1 amide bonds. The summed E-state index contributed by atoms with van der Waals surface area (Å²) in [6.07, 6.45) is 2.63. The standard InChI is InChI=1S/C15H14N2O/c18-15-13-7-4-9-16-14(13)11-17(15)10-8-12-5-2-1-3-6-12/h1-7,9H,8,10-11H2. The second-order valence-corrected chi connectivity index (χ2v) is 4.46. The lowest BCUT2D eigenvalue weighted by Gasteiger charge is -2.14. The summed E-state index contributed by atoms with van der Waals surface area (Å²) < 4.78 is 0. The number of rotatable bonds is 3. The number of fused-ring (bicyclic) bond motifs is 1. The number of hydrogen-bond donors (Lipinski definition) is 0. The molecule has 0 spiro atoms. The number of benzene rings is 1. The lowest BCUT2D eigenvalue weighted by Crippen LogP contribution is -2.26. The maximum Gasteiger partial charge on any atom is 0.256 e. The summed E-state index contributed by atoms with van der Waals surface area (Å²) in [6, 6.07) is 13.9. The quantitative estimate of drug-likeness (QED) is 0.822. The van der Waals surface area contributed by atoms with Gasteiger partial charge in [-0.15, -0.1) is 0 Å². The molecular formula is C15H14N2O. The fourth-order valence-corrected chi connectivity index (χ4v) is 2.27. The van der Waals surface area contributed by atoms with Gasteiger partial charge in [-0.1, -0.05) is 30.3 Å². The summed E-state index contributed by atoms with van der Waals surface area (Å²) in [4.78, 5) is 18.2. The van der Waals surface area contributed by atoms with E-state index in [4.69, 9.17) is 0 Å². The van der Waals surface area contributed by atoms with Crippen molar-refractivity contribution in [3.63, 3.8) is 0 Å². The van der Waals surface area contributed by atoms with Crippen LogP contribution in [0.15, 0.2) is 48.7 Å². The lowest BCUT2D eigenvalue weighted by atomic mass is 10.1. The normalized spacial score (nSPS) is 13.8. The average Bonchev–Trinajstić information content (AvgIpc) is 2.75. The largest absolute Gasteiger partial charge is 0.332 e. The van der Waals surface area contributed by atoms with Gasteiger partial charge in [0.2, 0.25) is 0 Å². The number of amides is 1. The number of pyridine rings is 1. The van der Waals surface area contributed by atoms with Gasteiger partial charge >= 0.3 is 0 Å². The molecule has 1 aromatic carbocycles. The molecule has 0 N–H and O–H groups in total. The van der Waals surface area contributed by atoms with E-state index in [1.807, 2.05) is 35.2 Å². The minimum absolute atomic E-state index is 0.106. The van der Waals surface area contributed by atoms with Crippen molar-refractivity contribution < 1.29 is 4.79 Å². The highest BCUT2D eigenvalue weighted by molar-refractivity contribution is 5.97. The van der Waals surface area contributed by atoms with Crippen LogP contribution < -0.4 is 0 Å². The summed E-state index contributed by atoms with van der Waals surface area (Å²) in [5.74, 6) is 0.106. The van der Waals surface area contributed by atoms with Gasteiger partial charge in [-0.05, 0) is 24.1 Å². The molecule has 1 aliphatic rings. The van der Waals surface area contributed by atoms with Crippen LogP contribution in [-0.2, 0) is 13.0 Å². The average molecular weight is 238 g/mol. The molecule has 2 aromatic rings. The van der Waals surface area contributed by atoms with E-state index in [2.05, 4.69) is 17.1 Å². The van der Waals surface area contributed by atoms with E-state index < -0.39 is 0 Å². The minimum Gasteiger partial charge on any atom is -0.332 e. The highest BCUT2D eigenvalue weighted by Crippen LogP contribution is 2.20. The molecule has 90 valence electrons. The Morgan fingerprint density at radius 2 is 1.94 bits per heavy atom. The molecule has 0 radical (unpaired) electrons. The molecule has 3 nitrogen and oxygen atoms in total. The fraction of sp³-hybridized carbons (Fsp3) is 0.200. The van der Waals surface area contributed by atoms with Crippen LogP contribution in [0.5, 0.6) is 0 Å². The van der Waals surface area contributed by atoms with E-state index in [-0.39, 0.29) is 5.91 Å². The second kappa shape index (κ2) is 4.61. The van der Waals surface area contributed by atoms with Crippen molar-refractivity contribution in [2.75, 3.05) is 6.54 Å². The first kappa shape index (κ1) is 11.0. The van der Waals surface area contributed by atoms with Gasteiger partial charge in [-0.25, -0.2) is 0 Å². The molecule has 2 heterocycles. The zero-order chi connectivity index (χ0) is 12.4. The molecule has 1 aliphatic heterocycles. The van der Waals surface area contributed by atoms with Gasteiger partial charge < -0.3 is 4.90 Å². The van der Waals surface area contributed by atoms with Crippen molar-refractivity contribution in [3.8, 4) is 0 Å². The zero-order valence-corrected chi connectivity index (χ0v) is 10.0. The van der Waals surface area contributed by atoms with E-state index in [1.54, 1.807) is 6.20 Å². The van der Waals surface area contributed by atoms with E-state index in [0.29, 0.717) is 6.54 Å². The maximum absolute atomic E-state index is 12.1. The lowest BCUT2D eigenvalue weighted by molar-refractivity contribution is 0.0780. The Morgan fingerprint density at radius 1 is 1.11 bits per heavy atom. The Bertz CT molecular complexity index is 566. The highest BCUT2D eigenvalue weighted by atomic mass is 16.2. The number of carbonyl (C=O) groups is 1. The van der Waals surface area contributed by atoms with Gasteiger partial charge in [-0.3, -0.25) is 9.78 Å². The first-order valence-electron chi connectivity index (χ1n) is 6.12. The van der Waals surface area contributed by atoms with Crippen LogP contribution in [0.4, 0.5) is 0 Å². The predicted molar refractivity (Wildman–Crippen MR) is 69.1 cm³/mol. The van der Waals surface area contributed by atoms with Crippen LogP contribution >= 0.6 is 0 Å². The molecular weight excluding hydrogens is 224 g/mol. The van der Waals surface area contributed by atoms with E-state index in [9.17, 15) is 4.79 Å². The molecule has 1 aromatic heterocycles. The van der Waals surface area contributed by atoms with Crippen molar-refractivity contribution in [2.45, 2.75) is 13.0 Å². The highest BCUT2D eigenvalue weighted by Gasteiger charge is 2.27. The fourth-order valence-electron chi connectivity index (χ4n) is 2.27. The molecule has 18 heavy (non-hydrogen) atoms. The molecule has 0 saturated heterocycles. The number of nitrogens with zero attached hydrogens (tertiary/aromatic N) is 2. The molecule has 0 saturated carbocycles. The molecule has 0 aliphatic carbocycles. The Labute approximate surface area is 106 Å². The van der Waals surface area contributed by atoms with E-state index in [0.717, 1.165) is 24.2 Å². The van der Waals surface area contributed by atoms with Crippen LogP contribution in [0.25, 0.3) is 0 Å². The van der Waals surface area contributed by atoms with E-state index >= 15 is 0 Å². The van der Waals surface area contributed by atoms with Crippen LogP contribution in [0.3, 0.4) is 0 Å². The van der Waals surface area contributed by atoms with Gasteiger partial charge in [0.1, 0.15) is 0 Å². The molecule has 0 fully saturated rings. The topological polar surface area (TPSA) is 33.2 Å². The molecule has 3 heteroatoms. The predicted octanol–water partition coefficient (Wildman–Crippen LogP) is 2.28. The Kier molecular flexibility index (Phi) is 2.81. The van der Waals surface area contributed by atoms with Crippen LogP contribution in [0.2, 0.25) is 0 Å². The Balaban J connectivity index is 1.68. The van der Waals surface area contributed by atoms with Crippen molar-refractivity contribution in [1.29, 1.82) is 0 Å². The van der Waals surface area contributed by atoms with Gasteiger partial charge in [0, 0.05) is 12.7 Å². The van der Waals surface area contributed by atoms with Crippen LogP contribution in [0.1, 0.15) is 21.6 Å². The van der Waals surface area contributed by atoms with Crippen molar-refractivity contribution in [3.05, 3.63) is 65.5 Å². The van der Waals surface area contributed by atoms with Gasteiger partial charge in [0.25, 0.3) is 5.91 Å². The smallest absolute Gasteiger partial charge is 0.256 e. The number of hydrogen-bond acceptors (Lipinski definition) is 2. The van der Waals surface area contributed by atoms with Crippen LogP contribution in [-0.4, -0.2) is 22.3 Å². The van der Waals surface area contributed by atoms with Gasteiger partial charge in [-0.2, -0.15) is 0 Å². The monoisotopic (exact) mass is 238 g/mol. The van der Waals surface area contributed by atoms with Gasteiger partial charge in [0.05, 0.1) is 17.8 Å². The summed E-state index contributed by atoms with van der Waals surface area (Å²) in [7, 11) is 0. The maximum atomic E-state index is 12.1. The van der Waals surface area contributed by atoms with Gasteiger partial charge in [0.15, 0.2) is 0 Å². The number of aromatic nitrogens is 1. The first-order chi connectivity index (χ1) is 8.84. The van der Waals surface area contributed by atoms with E-state index in [1.165, 1.54) is 5.56 Å².